The molecule has 0 saturated carbocycles. The number of carbonyl (C=O) groups excluding carboxylic acids is 1. The van der Waals surface area contributed by atoms with Crippen molar-refractivity contribution in [1.82, 2.24) is 4.90 Å². The van der Waals surface area contributed by atoms with Crippen LogP contribution in [0.3, 0.4) is 0 Å². The zero-order valence-corrected chi connectivity index (χ0v) is 9.03. The van der Waals surface area contributed by atoms with E-state index in [1.165, 1.54) is 13.5 Å². The van der Waals surface area contributed by atoms with Crippen molar-refractivity contribution in [2.75, 3.05) is 20.2 Å². The highest BCUT2D eigenvalue weighted by atomic mass is 16.5. The van der Waals surface area contributed by atoms with Gasteiger partial charge in [0.2, 0.25) is 0 Å². The van der Waals surface area contributed by atoms with Crippen molar-refractivity contribution >= 4 is 6.09 Å². The van der Waals surface area contributed by atoms with Gasteiger partial charge in [-0.05, 0) is 32.1 Å². The quantitative estimate of drug-likeness (QED) is 0.728. The van der Waals surface area contributed by atoms with E-state index in [0.29, 0.717) is 5.92 Å². The molecule has 0 radical (unpaired) electrons. The van der Waals surface area contributed by atoms with Crippen LogP contribution in [0.4, 0.5) is 4.79 Å². The Morgan fingerprint density at radius 3 is 3.00 bits per heavy atom. The molecule has 0 aromatic heterocycles. The molecule has 2 unspecified atom stereocenters. The fraction of sp³-hybridized carbons (Fsp3) is 0.900. The van der Waals surface area contributed by atoms with Crippen LogP contribution in [0.1, 0.15) is 26.2 Å². The minimum absolute atomic E-state index is 0.209. The Hall–Kier alpha value is -0.770. The number of piperidine rings is 1. The van der Waals surface area contributed by atoms with Gasteiger partial charge in [-0.1, -0.05) is 0 Å². The molecule has 0 aromatic carbocycles. The first-order valence-corrected chi connectivity index (χ1v) is 5.22. The standard InChI is InChI=1S/C10H20N2O2/c1-8(11)6-9-4-3-5-12(7-9)10(13)14-2/h8-9H,3-7,11H2,1-2H3. The number of hydrogen-bond donors (Lipinski definition) is 1. The van der Waals surface area contributed by atoms with Gasteiger partial charge in [0.1, 0.15) is 0 Å². The zero-order chi connectivity index (χ0) is 10.6. The van der Waals surface area contributed by atoms with Gasteiger partial charge in [0.05, 0.1) is 7.11 Å². The Morgan fingerprint density at radius 1 is 1.71 bits per heavy atom. The molecule has 4 heteroatoms. The molecular weight excluding hydrogens is 180 g/mol. The largest absolute Gasteiger partial charge is 0.453 e. The normalized spacial score (nSPS) is 24.5. The summed E-state index contributed by atoms with van der Waals surface area (Å²) in [5.41, 5.74) is 5.74. The summed E-state index contributed by atoms with van der Waals surface area (Å²) in [5, 5.41) is 0. The Morgan fingerprint density at radius 2 is 2.43 bits per heavy atom. The van der Waals surface area contributed by atoms with Crippen LogP contribution in [-0.4, -0.2) is 37.2 Å². The van der Waals surface area contributed by atoms with Crippen molar-refractivity contribution in [1.29, 1.82) is 0 Å². The lowest BCUT2D eigenvalue weighted by molar-refractivity contribution is 0.0995. The number of amides is 1. The molecule has 4 nitrogen and oxygen atoms in total. The zero-order valence-electron chi connectivity index (χ0n) is 9.03. The smallest absolute Gasteiger partial charge is 0.409 e. The second-order valence-corrected chi connectivity index (χ2v) is 4.14. The highest BCUT2D eigenvalue weighted by Gasteiger charge is 2.24. The van der Waals surface area contributed by atoms with Crippen LogP contribution in [0.25, 0.3) is 0 Å². The molecule has 0 bridgehead atoms. The van der Waals surface area contributed by atoms with E-state index in [9.17, 15) is 4.79 Å². The number of nitrogens with zero attached hydrogens (tertiary/aromatic N) is 1. The number of nitrogens with two attached hydrogens (primary N) is 1. The lowest BCUT2D eigenvalue weighted by atomic mass is 9.92. The van der Waals surface area contributed by atoms with Gasteiger partial charge in [-0.2, -0.15) is 0 Å². The van der Waals surface area contributed by atoms with E-state index in [0.717, 1.165) is 25.9 Å². The van der Waals surface area contributed by atoms with E-state index in [1.807, 2.05) is 6.92 Å². The number of methoxy groups -OCH3 is 1. The van der Waals surface area contributed by atoms with E-state index < -0.39 is 0 Å². The van der Waals surface area contributed by atoms with Crippen molar-refractivity contribution in [2.45, 2.75) is 32.2 Å². The summed E-state index contributed by atoms with van der Waals surface area (Å²) in [5.74, 6) is 0.544. The molecule has 1 fully saturated rings. The molecule has 0 aromatic rings. The summed E-state index contributed by atoms with van der Waals surface area (Å²) in [6.07, 6.45) is 3.02. The summed E-state index contributed by atoms with van der Waals surface area (Å²) in [6, 6.07) is 0.220. The average Bonchev–Trinajstić information content (AvgIpc) is 2.16. The maximum atomic E-state index is 11.3. The Bertz CT molecular complexity index is 195. The molecule has 1 aliphatic rings. The van der Waals surface area contributed by atoms with Gasteiger partial charge in [-0.3, -0.25) is 0 Å². The van der Waals surface area contributed by atoms with Crippen LogP contribution in [0.5, 0.6) is 0 Å². The van der Waals surface area contributed by atoms with Gasteiger partial charge in [-0.15, -0.1) is 0 Å². The molecule has 0 spiro atoms. The van der Waals surface area contributed by atoms with Crippen molar-refractivity contribution < 1.29 is 9.53 Å². The lowest BCUT2D eigenvalue weighted by Crippen LogP contribution is -2.41. The van der Waals surface area contributed by atoms with Gasteiger partial charge in [0.25, 0.3) is 0 Å². The predicted molar refractivity (Wildman–Crippen MR) is 55.0 cm³/mol. The van der Waals surface area contributed by atoms with Crippen molar-refractivity contribution in [2.24, 2.45) is 11.7 Å². The molecule has 2 N–H and O–H groups in total. The van der Waals surface area contributed by atoms with Gasteiger partial charge in [-0.25, -0.2) is 4.79 Å². The molecule has 1 aliphatic heterocycles. The number of rotatable bonds is 2. The Balaban J connectivity index is 2.39. The van der Waals surface area contributed by atoms with Gasteiger partial charge < -0.3 is 15.4 Å². The fourth-order valence-electron chi connectivity index (χ4n) is 2.08. The van der Waals surface area contributed by atoms with E-state index in [1.54, 1.807) is 4.90 Å². The van der Waals surface area contributed by atoms with Gasteiger partial charge in [0.15, 0.2) is 0 Å². The molecule has 82 valence electrons. The second kappa shape index (κ2) is 5.20. The van der Waals surface area contributed by atoms with Crippen molar-refractivity contribution in [3.05, 3.63) is 0 Å². The Labute approximate surface area is 85.4 Å². The second-order valence-electron chi connectivity index (χ2n) is 4.14. The van der Waals surface area contributed by atoms with E-state index in [2.05, 4.69) is 0 Å². The average molecular weight is 200 g/mol. The minimum atomic E-state index is -0.209. The van der Waals surface area contributed by atoms with Crippen LogP contribution < -0.4 is 5.73 Å². The lowest BCUT2D eigenvalue weighted by Gasteiger charge is -2.32. The molecule has 1 amide bonds. The third-order valence-corrected chi connectivity index (χ3v) is 2.66. The van der Waals surface area contributed by atoms with Crippen LogP contribution in [0.15, 0.2) is 0 Å². The summed E-state index contributed by atoms with van der Waals surface area (Å²) in [7, 11) is 1.43. The predicted octanol–water partition coefficient (Wildman–Crippen LogP) is 1.20. The molecule has 1 rings (SSSR count). The maximum absolute atomic E-state index is 11.3. The topological polar surface area (TPSA) is 55.6 Å². The SMILES string of the molecule is COC(=O)N1CCCC(CC(C)N)C1. The van der Waals surface area contributed by atoms with E-state index in [4.69, 9.17) is 10.5 Å². The monoisotopic (exact) mass is 200 g/mol. The first-order chi connectivity index (χ1) is 6.63. The summed E-state index contributed by atoms with van der Waals surface area (Å²) in [4.78, 5) is 13.0. The van der Waals surface area contributed by atoms with Gasteiger partial charge in [0, 0.05) is 19.1 Å². The van der Waals surface area contributed by atoms with E-state index >= 15 is 0 Å². The minimum Gasteiger partial charge on any atom is -0.453 e. The number of ether oxygens (including phenoxy) is 1. The summed E-state index contributed by atoms with van der Waals surface area (Å²) < 4.78 is 4.70. The fourth-order valence-corrected chi connectivity index (χ4v) is 2.08. The van der Waals surface area contributed by atoms with Gasteiger partial charge >= 0.3 is 6.09 Å². The molecule has 2 atom stereocenters. The van der Waals surface area contributed by atoms with Crippen LogP contribution in [0.2, 0.25) is 0 Å². The van der Waals surface area contributed by atoms with E-state index in [-0.39, 0.29) is 12.1 Å². The van der Waals surface area contributed by atoms with Crippen molar-refractivity contribution in [3.63, 3.8) is 0 Å². The van der Waals surface area contributed by atoms with Crippen molar-refractivity contribution in [3.8, 4) is 0 Å². The number of carbonyl (C=O) groups is 1. The molecular formula is C10H20N2O2. The van der Waals surface area contributed by atoms with Crippen LogP contribution >= 0.6 is 0 Å². The maximum Gasteiger partial charge on any atom is 0.409 e. The summed E-state index contributed by atoms with van der Waals surface area (Å²) in [6.45, 7) is 3.63. The number of likely N-dealkylation sites (tertiary alicyclic amines) is 1. The molecule has 1 heterocycles. The van der Waals surface area contributed by atoms with Crippen LogP contribution in [-0.2, 0) is 4.74 Å². The number of hydrogen-bond acceptors (Lipinski definition) is 3. The first-order valence-electron chi connectivity index (χ1n) is 5.22. The molecule has 14 heavy (non-hydrogen) atoms. The third-order valence-electron chi connectivity index (χ3n) is 2.66. The highest BCUT2D eigenvalue weighted by molar-refractivity contribution is 5.67. The van der Waals surface area contributed by atoms with Crippen LogP contribution in [0, 0.1) is 5.92 Å². The highest BCUT2D eigenvalue weighted by Crippen LogP contribution is 2.20. The first kappa shape index (κ1) is 11.3. The summed E-state index contributed by atoms with van der Waals surface area (Å²) >= 11 is 0. The molecule has 1 saturated heterocycles. The molecule has 0 aliphatic carbocycles. The Kier molecular flexibility index (Phi) is 4.20. The third kappa shape index (κ3) is 3.18.